The maximum atomic E-state index is 12.7. The lowest BCUT2D eigenvalue weighted by Crippen LogP contribution is -2.46. The molecule has 32 heavy (non-hydrogen) atoms. The predicted octanol–water partition coefficient (Wildman–Crippen LogP) is 2.27. The van der Waals surface area contributed by atoms with E-state index in [9.17, 15) is 18.0 Å². The second kappa shape index (κ2) is 11.2. The van der Waals surface area contributed by atoms with Gasteiger partial charge in [0.1, 0.15) is 0 Å². The number of hydrogen-bond donors (Lipinski definition) is 1. The van der Waals surface area contributed by atoms with E-state index in [0.29, 0.717) is 38.6 Å². The zero-order valence-electron chi connectivity index (χ0n) is 18.9. The zero-order chi connectivity index (χ0) is 23.1. The van der Waals surface area contributed by atoms with Crippen LogP contribution in [0.15, 0.2) is 29.2 Å². The summed E-state index contributed by atoms with van der Waals surface area (Å²) >= 11 is 0. The molecule has 0 radical (unpaired) electrons. The number of nitrogens with zero attached hydrogens (tertiary/aromatic N) is 1. The van der Waals surface area contributed by atoms with Crippen molar-refractivity contribution in [2.24, 2.45) is 5.92 Å². The lowest BCUT2D eigenvalue weighted by atomic mass is 9.86. The van der Waals surface area contributed by atoms with E-state index < -0.39 is 22.1 Å². The van der Waals surface area contributed by atoms with Gasteiger partial charge in [0, 0.05) is 25.6 Å². The molecule has 2 fully saturated rings. The van der Waals surface area contributed by atoms with Gasteiger partial charge in [0.25, 0.3) is 5.91 Å². The van der Waals surface area contributed by atoms with Gasteiger partial charge in [-0.05, 0) is 49.8 Å². The summed E-state index contributed by atoms with van der Waals surface area (Å²) in [6.07, 6.45) is 4.06. The Morgan fingerprint density at radius 1 is 1.16 bits per heavy atom. The van der Waals surface area contributed by atoms with Crippen molar-refractivity contribution in [3.05, 3.63) is 29.8 Å². The van der Waals surface area contributed by atoms with Crippen LogP contribution in [0, 0.1) is 5.92 Å². The number of carbonyl (C=O) groups excluding carboxylic acids is 2. The van der Waals surface area contributed by atoms with Crippen molar-refractivity contribution in [3.63, 3.8) is 0 Å². The smallest absolute Gasteiger partial charge is 0.306 e. The fourth-order valence-electron chi connectivity index (χ4n) is 4.15. The van der Waals surface area contributed by atoms with Gasteiger partial charge in [0.05, 0.1) is 18.1 Å². The molecule has 1 saturated carbocycles. The van der Waals surface area contributed by atoms with Crippen molar-refractivity contribution in [2.75, 3.05) is 26.3 Å². The van der Waals surface area contributed by atoms with Crippen LogP contribution in [-0.2, 0) is 35.5 Å². The highest BCUT2D eigenvalue weighted by Crippen LogP contribution is 2.24. The third-order valence-corrected chi connectivity index (χ3v) is 8.18. The monoisotopic (exact) mass is 466 g/mol. The van der Waals surface area contributed by atoms with Crippen LogP contribution in [-0.4, -0.2) is 63.0 Å². The zero-order valence-corrected chi connectivity index (χ0v) is 19.7. The quantitative estimate of drug-likeness (QED) is 0.590. The molecule has 0 spiro atoms. The van der Waals surface area contributed by atoms with E-state index >= 15 is 0 Å². The SMILES string of the molecule is CC(OC(=O)CCc1ccc(S(=O)(=O)N2CCOCC2)cc1)C(=O)NC1CCCCC1C. The van der Waals surface area contributed by atoms with Crippen molar-refractivity contribution in [2.45, 2.75) is 69.4 Å². The number of hydrogen-bond acceptors (Lipinski definition) is 6. The van der Waals surface area contributed by atoms with Crippen molar-refractivity contribution in [3.8, 4) is 0 Å². The van der Waals surface area contributed by atoms with E-state index in [2.05, 4.69) is 12.2 Å². The summed E-state index contributed by atoms with van der Waals surface area (Å²) < 4.78 is 37.3. The third kappa shape index (κ3) is 6.52. The molecule has 0 bridgehead atoms. The molecule has 8 nitrogen and oxygen atoms in total. The average Bonchev–Trinajstić information content (AvgIpc) is 2.80. The molecular formula is C23H34N2O6S. The summed E-state index contributed by atoms with van der Waals surface area (Å²) in [4.78, 5) is 24.8. The number of amides is 1. The van der Waals surface area contributed by atoms with E-state index in [1.807, 2.05) is 0 Å². The van der Waals surface area contributed by atoms with Crippen LogP contribution >= 0.6 is 0 Å². The molecule has 1 aliphatic heterocycles. The Kier molecular flexibility index (Phi) is 8.67. The largest absolute Gasteiger partial charge is 0.453 e. The molecule has 1 aromatic rings. The third-order valence-electron chi connectivity index (χ3n) is 6.27. The highest BCUT2D eigenvalue weighted by atomic mass is 32.2. The summed E-state index contributed by atoms with van der Waals surface area (Å²) in [6, 6.07) is 6.69. The lowest BCUT2D eigenvalue weighted by molar-refractivity contribution is -0.155. The fraction of sp³-hybridized carbons (Fsp3) is 0.652. The van der Waals surface area contributed by atoms with Crippen LogP contribution in [0.2, 0.25) is 0 Å². The molecule has 9 heteroatoms. The molecule has 1 heterocycles. The van der Waals surface area contributed by atoms with E-state index in [1.165, 1.54) is 10.7 Å². The Morgan fingerprint density at radius 2 is 1.81 bits per heavy atom. The molecule has 3 unspecified atom stereocenters. The summed E-state index contributed by atoms with van der Waals surface area (Å²) in [5.74, 6) is -0.269. The maximum Gasteiger partial charge on any atom is 0.306 e. The van der Waals surface area contributed by atoms with Crippen molar-refractivity contribution >= 4 is 21.9 Å². The van der Waals surface area contributed by atoms with Gasteiger partial charge in [0.15, 0.2) is 6.10 Å². The number of sulfonamides is 1. The average molecular weight is 467 g/mol. The van der Waals surface area contributed by atoms with Crippen LogP contribution in [0.5, 0.6) is 0 Å². The minimum atomic E-state index is -3.53. The van der Waals surface area contributed by atoms with Crippen molar-refractivity contribution in [1.29, 1.82) is 0 Å². The van der Waals surface area contributed by atoms with Crippen LogP contribution in [0.25, 0.3) is 0 Å². The maximum absolute atomic E-state index is 12.7. The molecule has 3 atom stereocenters. The molecule has 0 aromatic heterocycles. The Labute approximate surface area is 190 Å². The Balaban J connectivity index is 1.45. The van der Waals surface area contributed by atoms with Crippen LogP contribution in [0.3, 0.4) is 0 Å². The minimum Gasteiger partial charge on any atom is -0.453 e. The van der Waals surface area contributed by atoms with Gasteiger partial charge in [0.2, 0.25) is 10.0 Å². The fourth-order valence-corrected chi connectivity index (χ4v) is 5.56. The normalized spacial score (nSPS) is 23.3. The highest BCUT2D eigenvalue weighted by molar-refractivity contribution is 7.89. The molecule has 2 aliphatic rings. The van der Waals surface area contributed by atoms with Crippen LogP contribution < -0.4 is 5.32 Å². The minimum absolute atomic E-state index is 0.118. The summed E-state index contributed by atoms with van der Waals surface area (Å²) in [6.45, 7) is 5.22. The molecule has 1 amide bonds. The number of esters is 1. The Morgan fingerprint density at radius 3 is 2.47 bits per heavy atom. The first-order valence-corrected chi connectivity index (χ1v) is 12.9. The number of rotatable bonds is 8. The summed E-state index contributed by atoms with van der Waals surface area (Å²) in [5.41, 5.74) is 0.830. The van der Waals surface area contributed by atoms with E-state index in [1.54, 1.807) is 31.2 Å². The summed E-state index contributed by atoms with van der Waals surface area (Å²) in [7, 11) is -3.53. The highest BCUT2D eigenvalue weighted by Gasteiger charge is 2.27. The van der Waals surface area contributed by atoms with Crippen LogP contribution in [0.1, 0.15) is 51.5 Å². The number of nitrogens with one attached hydrogen (secondary N) is 1. The van der Waals surface area contributed by atoms with Crippen molar-refractivity contribution in [1.82, 2.24) is 9.62 Å². The first-order chi connectivity index (χ1) is 15.3. The number of morpholine rings is 1. The van der Waals surface area contributed by atoms with E-state index in [0.717, 1.165) is 24.8 Å². The molecule has 1 N–H and O–H groups in total. The van der Waals surface area contributed by atoms with Crippen LogP contribution in [0.4, 0.5) is 0 Å². The van der Waals surface area contributed by atoms with Crippen molar-refractivity contribution < 1.29 is 27.5 Å². The van der Waals surface area contributed by atoms with Gasteiger partial charge in [-0.15, -0.1) is 0 Å². The predicted molar refractivity (Wildman–Crippen MR) is 119 cm³/mol. The van der Waals surface area contributed by atoms with Gasteiger partial charge < -0.3 is 14.8 Å². The topological polar surface area (TPSA) is 102 Å². The van der Waals surface area contributed by atoms with Gasteiger partial charge in [-0.3, -0.25) is 9.59 Å². The first-order valence-electron chi connectivity index (χ1n) is 11.4. The lowest BCUT2D eigenvalue weighted by Gasteiger charge is -2.30. The number of ether oxygens (including phenoxy) is 2. The second-order valence-electron chi connectivity index (χ2n) is 8.67. The molecule has 178 valence electrons. The number of carbonyl (C=O) groups is 2. The summed E-state index contributed by atoms with van der Waals surface area (Å²) in [5, 5.41) is 3.01. The molecule has 3 rings (SSSR count). The van der Waals surface area contributed by atoms with E-state index in [-0.39, 0.29) is 23.3 Å². The Bertz CT molecular complexity index is 880. The van der Waals surface area contributed by atoms with E-state index in [4.69, 9.17) is 9.47 Å². The number of benzene rings is 1. The Hall–Kier alpha value is -1.97. The van der Waals surface area contributed by atoms with Gasteiger partial charge in [-0.25, -0.2) is 8.42 Å². The van der Waals surface area contributed by atoms with Gasteiger partial charge >= 0.3 is 5.97 Å². The molecule has 1 aromatic carbocycles. The van der Waals surface area contributed by atoms with Gasteiger partial charge in [-0.1, -0.05) is 31.9 Å². The second-order valence-corrected chi connectivity index (χ2v) is 10.6. The molecular weight excluding hydrogens is 432 g/mol. The number of aryl methyl sites for hydroxylation is 1. The van der Waals surface area contributed by atoms with Gasteiger partial charge in [-0.2, -0.15) is 4.31 Å². The first kappa shape index (κ1) is 24.7. The molecule has 1 aliphatic carbocycles. The standard InChI is InChI=1S/C23H34N2O6S/c1-17-5-3-4-6-21(17)24-23(27)18(2)31-22(26)12-9-19-7-10-20(11-8-19)32(28,29)25-13-15-30-16-14-25/h7-8,10-11,17-18,21H,3-6,9,12-16H2,1-2H3,(H,24,27). The molecule has 1 saturated heterocycles.